The predicted molar refractivity (Wildman–Crippen MR) is 52.6 cm³/mol. The van der Waals surface area contributed by atoms with Crippen LogP contribution in [0.15, 0.2) is 18.2 Å². The quantitative estimate of drug-likeness (QED) is 0.731. The average molecular weight is 208 g/mol. The lowest BCUT2D eigenvalue weighted by atomic mass is 10.0. The number of aliphatic hydroxyl groups excluding tert-OH is 1. The van der Waals surface area contributed by atoms with E-state index in [-0.39, 0.29) is 0 Å². The van der Waals surface area contributed by atoms with Gasteiger partial charge in [-0.1, -0.05) is 6.07 Å². The van der Waals surface area contributed by atoms with E-state index in [1.165, 1.54) is 7.11 Å². The molecular formula is C11H12O4. The Morgan fingerprint density at radius 1 is 1.60 bits per heavy atom. The first-order valence-corrected chi connectivity index (χ1v) is 4.74. The molecule has 4 heteroatoms. The van der Waals surface area contributed by atoms with Crippen LogP contribution < -0.4 is 4.74 Å². The summed E-state index contributed by atoms with van der Waals surface area (Å²) < 4.78 is 9.79. The van der Waals surface area contributed by atoms with E-state index in [0.29, 0.717) is 12.2 Å². The number of fused-ring (bicyclic) bond motifs is 1. The van der Waals surface area contributed by atoms with Crippen LogP contribution in [0.5, 0.6) is 5.75 Å². The van der Waals surface area contributed by atoms with Gasteiger partial charge in [0.2, 0.25) is 0 Å². The summed E-state index contributed by atoms with van der Waals surface area (Å²) in [5, 5.41) is 9.60. The van der Waals surface area contributed by atoms with E-state index in [9.17, 15) is 9.90 Å². The van der Waals surface area contributed by atoms with Crippen molar-refractivity contribution in [3.63, 3.8) is 0 Å². The van der Waals surface area contributed by atoms with E-state index in [4.69, 9.17) is 4.74 Å². The Hall–Kier alpha value is -1.55. The number of esters is 1. The smallest absolute Gasteiger partial charge is 0.339 e. The van der Waals surface area contributed by atoms with Gasteiger partial charge in [-0.3, -0.25) is 0 Å². The largest absolute Gasteiger partial charge is 0.493 e. The van der Waals surface area contributed by atoms with Gasteiger partial charge in [-0.25, -0.2) is 4.79 Å². The molecule has 0 aliphatic carbocycles. The van der Waals surface area contributed by atoms with Gasteiger partial charge in [-0.2, -0.15) is 0 Å². The highest BCUT2D eigenvalue weighted by atomic mass is 16.5. The van der Waals surface area contributed by atoms with Crippen LogP contribution in [0.1, 0.15) is 17.2 Å². The fourth-order valence-electron chi connectivity index (χ4n) is 1.62. The third-order valence-electron chi connectivity index (χ3n) is 2.45. The maximum atomic E-state index is 11.1. The molecule has 15 heavy (non-hydrogen) atoms. The number of aliphatic hydroxyl groups is 1. The molecule has 1 atom stereocenters. The minimum absolute atomic E-state index is 0.547. The molecule has 0 saturated carbocycles. The summed E-state index contributed by atoms with van der Waals surface area (Å²) in [6, 6.07) is 5.22. The normalized spacial score (nSPS) is 15.3. The molecule has 0 saturated heterocycles. The first-order chi connectivity index (χ1) is 7.22. The lowest BCUT2D eigenvalue weighted by molar-refractivity contribution is -0.150. The molecule has 1 aromatic rings. The number of rotatable bonds is 2. The Labute approximate surface area is 87.4 Å². The van der Waals surface area contributed by atoms with Crippen LogP contribution in [0, 0.1) is 0 Å². The van der Waals surface area contributed by atoms with Gasteiger partial charge < -0.3 is 14.6 Å². The monoisotopic (exact) mass is 208 g/mol. The van der Waals surface area contributed by atoms with Gasteiger partial charge in [0.1, 0.15) is 5.75 Å². The second-order valence-electron chi connectivity index (χ2n) is 3.39. The van der Waals surface area contributed by atoms with Crippen molar-refractivity contribution in [2.45, 2.75) is 12.5 Å². The van der Waals surface area contributed by atoms with Crippen molar-refractivity contribution >= 4 is 5.97 Å². The van der Waals surface area contributed by atoms with Crippen molar-refractivity contribution in [3.8, 4) is 5.75 Å². The number of hydrogen-bond donors (Lipinski definition) is 1. The summed E-state index contributed by atoms with van der Waals surface area (Å²) in [7, 11) is 1.25. The van der Waals surface area contributed by atoms with Crippen LogP contribution in [-0.4, -0.2) is 24.8 Å². The highest BCUT2D eigenvalue weighted by Crippen LogP contribution is 2.28. The SMILES string of the molecule is COC(=O)C(O)c1ccc2c(c1)CCO2. The third-order valence-corrected chi connectivity index (χ3v) is 2.45. The molecule has 1 heterocycles. The van der Waals surface area contributed by atoms with Gasteiger partial charge in [0.25, 0.3) is 0 Å². The molecule has 0 radical (unpaired) electrons. The van der Waals surface area contributed by atoms with Crippen LogP contribution in [0.2, 0.25) is 0 Å². The number of methoxy groups -OCH3 is 1. The molecule has 1 N–H and O–H groups in total. The van der Waals surface area contributed by atoms with E-state index in [1.807, 2.05) is 0 Å². The van der Waals surface area contributed by atoms with Gasteiger partial charge in [-0.15, -0.1) is 0 Å². The van der Waals surface area contributed by atoms with Gasteiger partial charge in [0.05, 0.1) is 13.7 Å². The van der Waals surface area contributed by atoms with Crippen LogP contribution in [0.25, 0.3) is 0 Å². The van der Waals surface area contributed by atoms with Crippen molar-refractivity contribution in [2.24, 2.45) is 0 Å². The van der Waals surface area contributed by atoms with Crippen molar-refractivity contribution in [1.82, 2.24) is 0 Å². The Balaban J connectivity index is 2.26. The fraction of sp³-hybridized carbons (Fsp3) is 0.364. The molecule has 0 fully saturated rings. The maximum absolute atomic E-state index is 11.1. The van der Waals surface area contributed by atoms with Crippen LogP contribution in [-0.2, 0) is 16.0 Å². The molecule has 2 rings (SSSR count). The molecule has 1 aliphatic heterocycles. The summed E-state index contributed by atoms with van der Waals surface area (Å²) in [4.78, 5) is 11.1. The summed E-state index contributed by atoms with van der Waals surface area (Å²) >= 11 is 0. The molecule has 80 valence electrons. The summed E-state index contributed by atoms with van der Waals surface area (Å²) in [6.45, 7) is 0.660. The van der Waals surface area contributed by atoms with E-state index in [0.717, 1.165) is 17.7 Å². The standard InChI is InChI=1S/C11H12O4/c1-14-11(13)10(12)8-2-3-9-7(6-8)4-5-15-9/h2-3,6,10,12H,4-5H2,1H3. The molecule has 1 aliphatic rings. The van der Waals surface area contributed by atoms with Gasteiger partial charge in [-0.05, 0) is 23.3 Å². The first-order valence-electron chi connectivity index (χ1n) is 4.74. The topological polar surface area (TPSA) is 55.8 Å². The zero-order chi connectivity index (χ0) is 10.8. The van der Waals surface area contributed by atoms with E-state index < -0.39 is 12.1 Å². The summed E-state index contributed by atoms with van der Waals surface area (Å²) in [5.74, 6) is 0.185. The van der Waals surface area contributed by atoms with Crippen molar-refractivity contribution in [3.05, 3.63) is 29.3 Å². The van der Waals surface area contributed by atoms with E-state index in [1.54, 1.807) is 18.2 Å². The Morgan fingerprint density at radius 2 is 2.40 bits per heavy atom. The zero-order valence-corrected chi connectivity index (χ0v) is 8.40. The van der Waals surface area contributed by atoms with Gasteiger partial charge in [0, 0.05) is 6.42 Å². The predicted octanol–water partition coefficient (Wildman–Crippen LogP) is 0.828. The van der Waals surface area contributed by atoms with E-state index >= 15 is 0 Å². The number of benzene rings is 1. The number of hydrogen-bond acceptors (Lipinski definition) is 4. The Morgan fingerprint density at radius 3 is 3.13 bits per heavy atom. The zero-order valence-electron chi connectivity index (χ0n) is 8.40. The molecule has 4 nitrogen and oxygen atoms in total. The summed E-state index contributed by atoms with van der Waals surface area (Å²) in [5.41, 5.74) is 1.57. The first kappa shape index (κ1) is 9.98. The van der Waals surface area contributed by atoms with E-state index in [2.05, 4.69) is 4.74 Å². The number of carbonyl (C=O) groups excluding carboxylic acids is 1. The third kappa shape index (κ3) is 1.80. The van der Waals surface area contributed by atoms with Gasteiger partial charge in [0.15, 0.2) is 6.10 Å². The Bertz CT molecular complexity index is 386. The molecule has 0 bridgehead atoms. The molecule has 0 aromatic heterocycles. The minimum Gasteiger partial charge on any atom is -0.493 e. The maximum Gasteiger partial charge on any atom is 0.339 e. The fourth-order valence-corrected chi connectivity index (χ4v) is 1.62. The van der Waals surface area contributed by atoms with Gasteiger partial charge >= 0.3 is 5.97 Å². The highest BCUT2D eigenvalue weighted by molar-refractivity contribution is 5.76. The van der Waals surface area contributed by atoms with Crippen molar-refractivity contribution in [1.29, 1.82) is 0 Å². The van der Waals surface area contributed by atoms with Crippen molar-refractivity contribution in [2.75, 3.05) is 13.7 Å². The molecule has 0 spiro atoms. The summed E-state index contributed by atoms with van der Waals surface area (Å²) in [6.07, 6.45) is -0.391. The minimum atomic E-state index is -1.21. The van der Waals surface area contributed by atoms with Crippen LogP contribution in [0.3, 0.4) is 0 Å². The van der Waals surface area contributed by atoms with Crippen LogP contribution >= 0.6 is 0 Å². The lowest BCUT2D eigenvalue weighted by Crippen LogP contribution is -2.13. The second kappa shape index (κ2) is 3.90. The second-order valence-corrected chi connectivity index (χ2v) is 3.39. The number of carbonyl (C=O) groups is 1. The Kier molecular flexibility index (Phi) is 2.60. The molecule has 1 aromatic carbocycles. The number of ether oxygens (including phenoxy) is 2. The van der Waals surface area contributed by atoms with Crippen molar-refractivity contribution < 1.29 is 19.4 Å². The van der Waals surface area contributed by atoms with Crippen LogP contribution in [0.4, 0.5) is 0 Å². The lowest BCUT2D eigenvalue weighted by Gasteiger charge is -2.09. The molecular weight excluding hydrogens is 196 g/mol. The molecule has 1 unspecified atom stereocenters. The highest BCUT2D eigenvalue weighted by Gasteiger charge is 2.20. The average Bonchev–Trinajstić information content (AvgIpc) is 2.73. The molecule has 0 amide bonds.